The van der Waals surface area contributed by atoms with Gasteiger partial charge in [0, 0.05) is 57.8 Å². The SMILES string of the molecule is C=C1[C@@H](O)CC(OC(C)=O)C2(COC(=O)c3ccccc3)[C@@H](OC(C)=O)[C@H](OC(C)=O)[C@]3(O)[C@@]4(C)CO[C@]3(C)C(=O)C[C@H]4[C@@H](OC(C)=O)[C@H]12. The Morgan fingerprint density at radius 2 is 1.47 bits per heavy atom. The number of aliphatic hydroxyl groups is 2. The summed E-state index contributed by atoms with van der Waals surface area (Å²) >= 11 is 0. The van der Waals surface area contributed by atoms with Crippen LogP contribution in [0.2, 0.25) is 0 Å². The zero-order valence-electron chi connectivity index (χ0n) is 28.3. The molecule has 0 amide bonds. The van der Waals surface area contributed by atoms with E-state index >= 15 is 0 Å². The Balaban J connectivity index is 1.91. The van der Waals surface area contributed by atoms with Gasteiger partial charge in [0.05, 0.1) is 23.7 Å². The molecule has 1 saturated heterocycles. The second-order valence-electron chi connectivity index (χ2n) is 13.8. The molecular formula is C35H42O14. The van der Waals surface area contributed by atoms with Gasteiger partial charge in [0.15, 0.2) is 23.6 Å². The standard InChI is InChI=1S/C35H42O14/c1-17-24(40)14-26(46-18(2)36)34(16-44-31(42)22-11-9-8-10-12-22)27(17)28(47-19(3)37)23-13-25(41)33(7)35(43,32(23,6)15-45-33)30(49-21(5)39)29(34)48-20(4)38/h8-12,23-24,26-30,40,43H,1,13-16H2,2-7H3/t23-,24-,26?,27-,28+,29-,30-,32-,33+,34?,35-/m0/s1. The Kier molecular flexibility index (Phi) is 9.32. The molecule has 1 aromatic rings. The van der Waals surface area contributed by atoms with Gasteiger partial charge in [-0.15, -0.1) is 0 Å². The van der Waals surface area contributed by atoms with Crippen molar-refractivity contribution in [3.63, 3.8) is 0 Å². The number of ketones is 1. The van der Waals surface area contributed by atoms with Crippen molar-refractivity contribution in [1.82, 2.24) is 0 Å². The summed E-state index contributed by atoms with van der Waals surface area (Å²) in [6.07, 6.45) is -8.88. The minimum atomic E-state index is -2.48. The fraction of sp³-hybridized carbons (Fsp3) is 0.600. The number of aliphatic hydroxyl groups excluding tert-OH is 1. The smallest absolute Gasteiger partial charge is 0.338 e. The van der Waals surface area contributed by atoms with Crippen molar-refractivity contribution in [2.24, 2.45) is 22.7 Å². The van der Waals surface area contributed by atoms with Gasteiger partial charge in [-0.3, -0.25) is 24.0 Å². The number of hydrogen-bond donors (Lipinski definition) is 2. The molecule has 49 heavy (non-hydrogen) atoms. The third-order valence-corrected chi connectivity index (χ3v) is 11.1. The van der Waals surface area contributed by atoms with E-state index in [2.05, 4.69) is 6.58 Å². The van der Waals surface area contributed by atoms with Gasteiger partial charge in [-0.2, -0.15) is 0 Å². The molecule has 1 aliphatic heterocycles. The summed E-state index contributed by atoms with van der Waals surface area (Å²) in [5, 5.41) is 24.6. The number of hydrogen-bond acceptors (Lipinski definition) is 14. The summed E-state index contributed by atoms with van der Waals surface area (Å²) in [6.45, 7) is 10.4. The van der Waals surface area contributed by atoms with E-state index < -0.39 is 107 Å². The molecule has 5 rings (SSSR count). The molecule has 4 fully saturated rings. The highest BCUT2D eigenvalue weighted by molar-refractivity contribution is 5.91. The molecule has 266 valence electrons. The minimum Gasteiger partial charge on any atom is -0.462 e. The van der Waals surface area contributed by atoms with Crippen molar-refractivity contribution in [1.29, 1.82) is 0 Å². The van der Waals surface area contributed by atoms with Crippen LogP contribution in [-0.4, -0.2) is 101 Å². The number of ether oxygens (including phenoxy) is 6. The van der Waals surface area contributed by atoms with Gasteiger partial charge < -0.3 is 38.6 Å². The van der Waals surface area contributed by atoms with Crippen molar-refractivity contribution >= 4 is 35.6 Å². The summed E-state index contributed by atoms with van der Waals surface area (Å²) in [5.74, 6) is -7.53. The summed E-state index contributed by atoms with van der Waals surface area (Å²) < 4.78 is 35.8. The first kappa shape index (κ1) is 36.1. The number of carbonyl (C=O) groups is 6. The van der Waals surface area contributed by atoms with E-state index in [1.54, 1.807) is 25.1 Å². The third-order valence-electron chi connectivity index (χ3n) is 11.1. The maximum absolute atomic E-state index is 14.1. The van der Waals surface area contributed by atoms with Gasteiger partial charge in [0.25, 0.3) is 0 Å². The van der Waals surface area contributed by atoms with E-state index in [0.717, 1.165) is 27.7 Å². The lowest BCUT2D eigenvalue weighted by molar-refractivity contribution is -0.302. The maximum Gasteiger partial charge on any atom is 0.338 e. The van der Waals surface area contributed by atoms with Gasteiger partial charge in [-0.25, -0.2) is 4.79 Å². The van der Waals surface area contributed by atoms with Crippen LogP contribution in [0.5, 0.6) is 0 Å². The van der Waals surface area contributed by atoms with Crippen molar-refractivity contribution in [3.8, 4) is 0 Å². The van der Waals surface area contributed by atoms with Crippen LogP contribution in [0, 0.1) is 22.7 Å². The molecule has 0 aromatic heterocycles. The van der Waals surface area contributed by atoms with Crippen LogP contribution < -0.4 is 0 Å². The van der Waals surface area contributed by atoms with Gasteiger partial charge in [0.1, 0.15) is 24.4 Å². The van der Waals surface area contributed by atoms with Crippen LogP contribution in [-0.2, 0) is 52.4 Å². The van der Waals surface area contributed by atoms with E-state index in [-0.39, 0.29) is 30.6 Å². The maximum atomic E-state index is 14.1. The quantitative estimate of drug-likeness (QED) is 0.238. The van der Waals surface area contributed by atoms with Gasteiger partial charge in [-0.1, -0.05) is 31.7 Å². The first-order chi connectivity index (χ1) is 22.8. The molecule has 0 radical (unpaired) electrons. The predicted molar refractivity (Wildman–Crippen MR) is 165 cm³/mol. The van der Waals surface area contributed by atoms with Crippen molar-refractivity contribution in [3.05, 3.63) is 48.0 Å². The van der Waals surface area contributed by atoms with E-state index in [0.29, 0.717) is 0 Å². The molecule has 2 unspecified atom stereocenters. The number of fused-ring (bicyclic) bond motifs is 1. The lowest BCUT2D eigenvalue weighted by Gasteiger charge is -2.65. The molecule has 3 aliphatic carbocycles. The van der Waals surface area contributed by atoms with Gasteiger partial charge >= 0.3 is 29.8 Å². The number of Topliss-reactive ketones (excluding diaryl/α,β-unsaturated/α-hetero) is 1. The van der Waals surface area contributed by atoms with Crippen molar-refractivity contribution in [2.75, 3.05) is 13.2 Å². The summed E-state index contributed by atoms with van der Waals surface area (Å²) in [5.41, 5.74) is -8.00. The van der Waals surface area contributed by atoms with Crippen LogP contribution in [0.4, 0.5) is 0 Å². The molecule has 1 aromatic carbocycles. The molecule has 14 heteroatoms. The van der Waals surface area contributed by atoms with E-state index in [1.165, 1.54) is 19.1 Å². The van der Waals surface area contributed by atoms with E-state index in [9.17, 15) is 39.0 Å². The number of esters is 5. The first-order valence-electron chi connectivity index (χ1n) is 16.0. The van der Waals surface area contributed by atoms with Gasteiger partial charge in [0.2, 0.25) is 0 Å². The van der Waals surface area contributed by atoms with Crippen LogP contribution in [0.25, 0.3) is 0 Å². The Labute approximate surface area is 283 Å². The lowest BCUT2D eigenvalue weighted by atomic mass is 9.43. The Bertz CT molecular complexity index is 1570. The zero-order valence-corrected chi connectivity index (χ0v) is 28.3. The fourth-order valence-corrected chi connectivity index (χ4v) is 8.86. The molecule has 14 nitrogen and oxygen atoms in total. The number of carbonyl (C=O) groups excluding carboxylic acids is 6. The van der Waals surface area contributed by atoms with Crippen molar-refractivity contribution < 1.29 is 67.4 Å². The largest absolute Gasteiger partial charge is 0.462 e. The topological polar surface area (TPSA) is 198 Å². The molecule has 3 saturated carbocycles. The minimum absolute atomic E-state index is 0.0119. The average molecular weight is 687 g/mol. The molecular weight excluding hydrogens is 644 g/mol. The Morgan fingerprint density at radius 1 is 0.898 bits per heavy atom. The molecule has 2 N–H and O–H groups in total. The van der Waals surface area contributed by atoms with Crippen LogP contribution in [0.15, 0.2) is 42.5 Å². The van der Waals surface area contributed by atoms with Crippen molar-refractivity contribution in [2.45, 2.75) is 96.1 Å². The summed E-state index contributed by atoms with van der Waals surface area (Å²) in [7, 11) is 0. The Morgan fingerprint density at radius 3 is 2.04 bits per heavy atom. The second kappa shape index (κ2) is 12.6. The second-order valence-corrected chi connectivity index (χ2v) is 13.8. The first-order valence-corrected chi connectivity index (χ1v) is 16.0. The summed E-state index contributed by atoms with van der Waals surface area (Å²) in [4.78, 5) is 79.4. The van der Waals surface area contributed by atoms with Crippen LogP contribution in [0.1, 0.15) is 64.7 Å². The lowest BCUT2D eigenvalue weighted by Crippen LogP contribution is -2.81. The molecule has 11 atom stereocenters. The van der Waals surface area contributed by atoms with Crippen LogP contribution >= 0.6 is 0 Å². The predicted octanol–water partition coefficient (Wildman–Crippen LogP) is 1.62. The van der Waals surface area contributed by atoms with Crippen LogP contribution in [0.3, 0.4) is 0 Å². The highest BCUT2D eigenvalue weighted by Crippen LogP contribution is 2.67. The molecule has 0 spiro atoms. The normalized spacial score (nSPS) is 39.4. The average Bonchev–Trinajstić information content (AvgIpc) is 3.16. The molecule has 1 heterocycles. The zero-order chi connectivity index (χ0) is 36.3. The van der Waals surface area contributed by atoms with E-state index in [4.69, 9.17) is 28.4 Å². The molecule has 4 aliphatic rings. The number of benzene rings is 1. The third kappa shape index (κ3) is 5.44. The highest BCUT2D eigenvalue weighted by atomic mass is 16.6. The fourth-order valence-electron chi connectivity index (χ4n) is 8.86. The number of rotatable bonds is 7. The molecule has 4 bridgehead atoms. The monoisotopic (exact) mass is 686 g/mol. The van der Waals surface area contributed by atoms with Gasteiger partial charge in [-0.05, 0) is 24.6 Å². The Hall–Kier alpha value is -4.14. The van der Waals surface area contributed by atoms with E-state index in [1.807, 2.05) is 0 Å². The summed E-state index contributed by atoms with van der Waals surface area (Å²) in [6, 6.07) is 7.88. The highest BCUT2D eigenvalue weighted by Gasteiger charge is 2.83.